The molecule has 2 heterocycles. The molecular weight excluding hydrogens is 696 g/mol. The number of esters is 1. The number of hydrogen-bond acceptors (Lipinski definition) is 12. The number of allylic oxidation sites excluding steroid dienone is 2. The quantitative estimate of drug-likeness (QED) is 0.132. The highest BCUT2D eigenvalue weighted by Gasteiger charge is 2.69. The van der Waals surface area contributed by atoms with Gasteiger partial charge in [0, 0.05) is 0 Å². The van der Waals surface area contributed by atoms with Crippen molar-refractivity contribution in [2.75, 3.05) is 20.3 Å². The van der Waals surface area contributed by atoms with Crippen molar-refractivity contribution in [1.29, 1.82) is 0 Å². The van der Waals surface area contributed by atoms with Crippen molar-refractivity contribution in [3.8, 4) is 0 Å². The van der Waals surface area contributed by atoms with Gasteiger partial charge in [0.2, 0.25) is 0 Å². The molecule has 0 radical (unpaired) electrons. The van der Waals surface area contributed by atoms with Gasteiger partial charge in [0.1, 0.15) is 42.7 Å². The second-order valence-electron chi connectivity index (χ2n) is 20.4. The first-order valence-corrected chi connectivity index (χ1v) is 20.6. The fourth-order valence-corrected chi connectivity index (χ4v) is 13.6. The zero-order chi connectivity index (χ0) is 39.4. The van der Waals surface area contributed by atoms with Crippen LogP contribution >= 0.6 is 0 Å². The van der Waals surface area contributed by atoms with Crippen LogP contribution < -0.4 is 0 Å². The number of hydrogen-bond donors (Lipinski definition) is 6. The van der Waals surface area contributed by atoms with E-state index in [0.717, 1.165) is 64.2 Å². The number of rotatable bonds is 6. The van der Waals surface area contributed by atoms with Crippen LogP contribution in [-0.2, 0) is 28.5 Å². The summed E-state index contributed by atoms with van der Waals surface area (Å²) in [5.74, 6) is 0.894. The van der Waals surface area contributed by atoms with Crippen molar-refractivity contribution < 1.29 is 59.1 Å². The minimum absolute atomic E-state index is 0.00545. The Bertz CT molecular complexity index is 1450. The molecule has 0 aromatic heterocycles. The van der Waals surface area contributed by atoms with Gasteiger partial charge in [0.25, 0.3) is 0 Å². The fraction of sp³-hybridized carbons (Fsp3) is 0.929. The lowest BCUT2D eigenvalue weighted by Gasteiger charge is -2.71. The van der Waals surface area contributed by atoms with Crippen molar-refractivity contribution in [3.05, 3.63) is 11.6 Å². The van der Waals surface area contributed by atoms with E-state index in [2.05, 4.69) is 54.5 Å². The monoisotopic (exact) mass is 764 g/mol. The molecule has 6 N–H and O–H groups in total. The van der Waals surface area contributed by atoms with Gasteiger partial charge in [-0.05, 0) is 109 Å². The van der Waals surface area contributed by atoms with Gasteiger partial charge in [-0.3, -0.25) is 4.79 Å². The first-order valence-electron chi connectivity index (χ1n) is 20.6. The summed E-state index contributed by atoms with van der Waals surface area (Å²) in [5.41, 5.74) is 0.919. The van der Waals surface area contributed by atoms with Crippen LogP contribution in [0.25, 0.3) is 0 Å². The SMILES string of the molecule is COC(=O)[C@]12CCC(C)(C)C[C@H]1C1=CC[C@@H]3[C@@]4(C)CC[C@H](O[C@@H]5O[C@H](CO)[C@@H](O)[C@H](O[C@@H]6OC[C@H](O)[C@H](O)[C@H]6O)[C@H]5O)C(C)(C)[C@@H]4CC[C@@]3(C)[C@]1(C)CC2. The molecule has 7 aliphatic rings. The molecule has 2 aliphatic heterocycles. The van der Waals surface area contributed by atoms with E-state index >= 15 is 0 Å². The molecule has 308 valence electrons. The number of carbonyl (C=O) groups excluding carboxylic acids is 1. The smallest absolute Gasteiger partial charge is 0.312 e. The maximum absolute atomic E-state index is 13.6. The second kappa shape index (κ2) is 14.0. The minimum atomic E-state index is -1.62. The van der Waals surface area contributed by atoms with Crippen LogP contribution in [0.1, 0.15) is 113 Å². The van der Waals surface area contributed by atoms with Gasteiger partial charge >= 0.3 is 5.97 Å². The molecule has 0 bridgehead atoms. The third-order valence-corrected chi connectivity index (χ3v) is 17.0. The Labute approximate surface area is 320 Å². The summed E-state index contributed by atoms with van der Waals surface area (Å²) in [7, 11) is 1.55. The third-order valence-electron chi connectivity index (χ3n) is 17.0. The van der Waals surface area contributed by atoms with E-state index < -0.39 is 67.3 Å². The zero-order valence-electron chi connectivity index (χ0n) is 33.7. The topological polar surface area (TPSA) is 185 Å². The predicted octanol–water partition coefficient (Wildman–Crippen LogP) is 3.61. The number of carbonyl (C=O) groups is 1. The zero-order valence-corrected chi connectivity index (χ0v) is 33.7. The van der Waals surface area contributed by atoms with Crippen LogP contribution in [0, 0.1) is 50.2 Å². The Kier molecular flexibility index (Phi) is 10.6. The summed E-state index contributed by atoms with van der Waals surface area (Å²) in [4.78, 5) is 13.6. The third kappa shape index (κ3) is 6.01. The lowest BCUT2D eigenvalue weighted by molar-refractivity contribution is -0.361. The normalized spacial score (nSPS) is 52.5. The summed E-state index contributed by atoms with van der Waals surface area (Å²) in [6.07, 6.45) is -0.938. The highest BCUT2D eigenvalue weighted by atomic mass is 16.7. The summed E-state index contributed by atoms with van der Waals surface area (Å²) in [5, 5.41) is 63.3. The summed E-state index contributed by atoms with van der Waals surface area (Å²) in [6.45, 7) is 15.9. The molecule has 4 saturated carbocycles. The van der Waals surface area contributed by atoms with Gasteiger partial charge in [-0.25, -0.2) is 0 Å². The van der Waals surface area contributed by atoms with Crippen LogP contribution in [0.4, 0.5) is 0 Å². The van der Waals surface area contributed by atoms with E-state index in [4.69, 9.17) is 23.7 Å². The highest BCUT2D eigenvalue weighted by molar-refractivity contribution is 5.78. The van der Waals surface area contributed by atoms with Crippen molar-refractivity contribution in [3.63, 3.8) is 0 Å². The molecule has 2 saturated heterocycles. The number of aliphatic hydroxyl groups excluding tert-OH is 6. The Morgan fingerprint density at radius 1 is 0.815 bits per heavy atom. The lowest BCUT2D eigenvalue weighted by Crippen LogP contribution is -2.66. The van der Waals surface area contributed by atoms with E-state index in [0.29, 0.717) is 11.8 Å². The summed E-state index contributed by atoms with van der Waals surface area (Å²) >= 11 is 0. The highest BCUT2D eigenvalue weighted by Crippen LogP contribution is 2.76. The van der Waals surface area contributed by atoms with Crippen molar-refractivity contribution in [2.45, 2.75) is 174 Å². The Morgan fingerprint density at radius 2 is 1.52 bits per heavy atom. The molecule has 54 heavy (non-hydrogen) atoms. The molecule has 6 fully saturated rings. The van der Waals surface area contributed by atoms with Crippen LogP contribution in [0.2, 0.25) is 0 Å². The maximum atomic E-state index is 13.6. The first-order chi connectivity index (χ1) is 25.2. The molecule has 0 spiro atoms. The van der Waals surface area contributed by atoms with Crippen molar-refractivity contribution in [2.24, 2.45) is 50.2 Å². The van der Waals surface area contributed by atoms with Gasteiger partial charge < -0.3 is 54.3 Å². The standard InChI is InChI=1S/C42H68O12/c1-37(2)15-17-42(36(49)50-8)18-16-40(6)22(23(42)19-37)9-10-27-39(5)13-12-28(38(3,4)26(39)11-14-41(27,40)7)53-35-32(48)33(30(46)25(20-43)52-35)54-34-31(47)29(45)24(44)21-51-34/h9,23-35,43-48H,10-21H2,1-8H3/t23-,24-,25+,26-,27+,28-,29-,30+,31+,32+,33-,34-,35-,39-,40+,41+,42-/m0/s1. The molecular formula is C42H68O12. The Hall–Kier alpha value is -1.19. The van der Waals surface area contributed by atoms with E-state index in [-0.39, 0.29) is 51.7 Å². The van der Waals surface area contributed by atoms with Crippen LogP contribution in [0.5, 0.6) is 0 Å². The molecule has 5 aliphatic carbocycles. The lowest BCUT2D eigenvalue weighted by atomic mass is 9.33. The first kappa shape index (κ1) is 41.0. The molecule has 12 nitrogen and oxygen atoms in total. The minimum Gasteiger partial charge on any atom is -0.469 e. The predicted molar refractivity (Wildman–Crippen MR) is 196 cm³/mol. The van der Waals surface area contributed by atoms with Gasteiger partial charge in [0.05, 0.1) is 31.8 Å². The molecule has 0 aromatic carbocycles. The molecule has 0 aromatic rings. The largest absolute Gasteiger partial charge is 0.469 e. The number of fused-ring (bicyclic) bond motifs is 7. The van der Waals surface area contributed by atoms with Crippen LogP contribution in [0.3, 0.4) is 0 Å². The number of methoxy groups -OCH3 is 1. The summed E-state index contributed by atoms with van der Waals surface area (Å²) < 4.78 is 29.5. The van der Waals surface area contributed by atoms with E-state index in [1.54, 1.807) is 7.11 Å². The van der Waals surface area contributed by atoms with Crippen molar-refractivity contribution >= 4 is 5.97 Å². The molecule has 7 rings (SSSR count). The second-order valence-corrected chi connectivity index (χ2v) is 20.4. The average Bonchev–Trinajstić information content (AvgIpc) is 3.11. The Balaban J connectivity index is 1.12. The van der Waals surface area contributed by atoms with Gasteiger partial charge in [0.15, 0.2) is 12.6 Å². The van der Waals surface area contributed by atoms with Gasteiger partial charge in [-0.15, -0.1) is 0 Å². The van der Waals surface area contributed by atoms with E-state index in [1.165, 1.54) is 5.57 Å². The molecule has 0 unspecified atom stereocenters. The molecule has 0 amide bonds. The van der Waals surface area contributed by atoms with E-state index in [1.807, 2.05) is 0 Å². The maximum Gasteiger partial charge on any atom is 0.312 e. The molecule has 12 heteroatoms. The van der Waals surface area contributed by atoms with Gasteiger partial charge in [-0.2, -0.15) is 0 Å². The van der Waals surface area contributed by atoms with Crippen molar-refractivity contribution in [1.82, 2.24) is 0 Å². The van der Waals surface area contributed by atoms with Crippen LogP contribution in [0.15, 0.2) is 11.6 Å². The number of aliphatic hydroxyl groups is 6. The van der Waals surface area contributed by atoms with Crippen LogP contribution in [-0.4, -0.2) is 118 Å². The summed E-state index contributed by atoms with van der Waals surface area (Å²) in [6, 6.07) is 0. The van der Waals surface area contributed by atoms with Gasteiger partial charge in [-0.1, -0.05) is 60.1 Å². The fourth-order valence-electron chi connectivity index (χ4n) is 13.6. The average molecular weight is 765 g/mol. The number of ether oxygens (including phenoxy) is 5. The Morgan fingerprint density at radius 3 is 2.20 bits per heavy atom. The molecule has 17 atom stereocenters. The van der Waals surface area contributed by atoms with E-state index in [9.17, 15) is 35.4 Å².